The van der Waals surface area contributed by atoms with Gasteiger partial charge in [0, 0.05) is 6.07 Å². The predicted molar refractivity (Wildman–Crippen MR) is 100 cm³/mol. The summed E-state index contributed by atoms with van der Waals surface area (Å²) < 4.78 is 27.1. The van der Waals surface area contributed by atoms with Gasteiger partial charge in [0.1, 0.15) is 11.5 Å². The van der Waals surface area contributed by atoms with E-state index in [1.54, 1.807) is 32.4 Å². The number of hydrogen-bond acceptors (Lipinski definition) is 6. The van der Waals surface area contributed by atoms with E-state index in [1.807, 2.05) is 32.9 Å². The van der Waals surface area contributed by atoms with Crippen LogP contribution in [0.5, 0.6) is 23.0 Å². The average molecular weight is 360 g/mol. The van der Waals surface area contributed by atoms with Crippen LogP contribution in [-0.2, 0) is 0 Å². The minimum atomic E-state index is -0.467. The molecular weight excluding hydrogens is 336 g/mol. The van der Waals surface area contributed by atoms with Crippen LogP contribution in [0.15, 0.2) is 33.5 Å². The summed E-state index contributed by atoms with van der Waals surface area (Å²) in [6, 6.07) is 6.63. The standard InChI is InChI=1S/C20H24O6/c1-6-24-18-10-14(9-17(22-4)20(18)23-5)7-8-15-11-16(25-13(2)3)12-19(21)26-15/h7-13H,6H2,1-5H3. The van der Waals surface area contributed by atoms with Crippen LogP contribution in [0.25, 0.3) is 12.2 Å². The Balaban J connectivity index is 2.37. The van der Waals surface area contributed by atoms with Crippen molar-refractivity contribution in [2.24, 2.45) is 0 Å². The first-order valence-corrected chi connectivity index (χ1v) is 8.35. The number of rotatable bonds is 8. The molecule has 0 aliphatic heterocycles. The minimum Gasteiger partial charge on any atom is -0.493 e. The van der Waals surface area contributed by atoms with Crippen molar-refractivity contribution in [2.45, 2.75) is 26.9 Å². The second-order valence-corrected chi connectivity index (χ2v) is 5.70. The van der Waals surface area contributed by atoms with Crippen molar-refractivity contribution in [1.29, 1.82) is 0 Å². The molecule has 0 saturated carbocycles. The van der Waals surface area contributed by atoms with Crippen LogP contribution in [0.3, 0.4) is 0 Å². The molecule has 26 heavy (non-hydrogen) atoms. The molecule has 0 aliphatic rings. The summed E-state index contributed by atoms with van der Waals surface area (Å²) in [5, 5.41) is 0. The van der Waals surface area contributed by atoms with E-state index in [0.29, 0.717) is 35.4 Å². The Bertz CT molecular complexity index is 820. The fraction of sp³-hybridized carbons (Fsp3) is 0.350. The van der Waals surface area contributed by atoms with Gasteiger partial charge in [0.15, 0.2) is 11.5 Å². The van der Waals surface area contributed by atoms with Crippen LogP contribution in [-0.4, -0.2) is 26.9 Å². The van der Waals surface area contributed by atoms with Crippen LogP contribution in [0.1, 0.15) is 32.1 Å². The Morgan fingerprint density at radius 1 is 1.04 bits per heavy atom. The van der Waals surface area contributed by atoms with E-state index in [9.17, 15) is 4.79 Å². The average Bonchev–Trinajstić information content (AvgIpc) is 2.58. The minimum absolute atomic E-state index is 0.0340. The van der Waals surface area contributed by atoms with E-state index in [1.165, 1.54) is 6.07 Å². The maximum absolute atomic E-state index is 11.7. The molecule has 0 fully saturated rings. The highest BCUT2D eigenvalue weighted by Crippen LogP contribution is 2.38. The molecule has 2 rings (SSSR count). The smallest absolute Gasteiger partial charge is 0.339 e. The van der Waals surface area contributed by atoms with E-state index in [4.69, 9.17) is 23.4 Å². The number of methoxy groups -OCH3 is 2. The van der Waals surface area contributed by atoms with Crippen molar-refractivity contribution >= 4 is 12.2 Å². The molecule has 0 atom stereocenters. The second kappa shape index (κ2) is 8.99. The largest absolute Gasteiger partial charge is 0.493 e. The van der Waals surface area contributed by atoms with Crippen molar-refractivity contribution in [3.63, 3.8) is 0 Å². The topological polar surface area (TPSA) is 67.1 Å². The van der Waals surface area contributed by atoms with Crippen molar-refractivity contribution in [3.05, 3.63) is 46.0 Å². The van der Waals surface area contributed by atoms with Gasteiger partial charge in [-0.15, -0.1) is 0 Å². The van der Waals surface area contributed by atoms with Gasteiger partial charge in [0.05, 0.1) is 33.0 Å². The Morgan fingerprint density at radius 3 is 2.38 bits per heavy atom. The lowest BCUT2D eigenvalue weighted by Gasteiger charge is -2.14. The Hall–Kier alpha value is -2.89. The first-order chi connectivity index (χ1) is 12.5. The molecule has 0 amide bonds. The number of benzene rings is 1. The highest BCUT2D eigenvalue weighted by molar-refractivity contribution is 5.71. The van der Waals surface area contributed by atoms with E-state index >= 15 is 0 Å². The fourth-order valence-electron chi connectivity index (χ4n) is 2.38. The van der Waals surface area contributed by atoms with Gasteiger partial charge < -0.3 is 23.4 Å². The van der Waals surface area contributed by atoms with Crippen molar-refractivity contribution in [3.8, 4) is 23.0 Å². The first kappa shape index (κ1) is 19.4. The molecule has 0 radical (unpaired) electrons. The zero-order chi connectivity index (χ0) is 19.1. The van der Waals surface area contributed by atoms with Crippen LogP contribution in [0.2, 0.25) is 0 Å². The highest BCUT2D eigenvalue weighted by Gasteiger charge is 2.12. The van der Waals surface area contributed by atoms with Gasteiger partial charge in [0.2, 0.25) is 5.75 Å². The zero-order valence-electron chi connectivity index (χ0n) is 15.7. The van der Waals surface area contributed by atoms with E-state index < -0.39 is 5.63 Å². The Morgan fingerprint density at radius 2 is 1.77 bits per heavy atom. The third-order valence-corrected chi connectivity index (χ3v) is 3.34. The van der Waals surface area contributed by atoms with E-state index in [0.717, 1.165) is 5.56 Å². The maximum atomic E-state index is 11.7. The molecule has 1 aromatic heterocycles. The molecule has 0 saturated heterocycles. The molecule has 140 valence electrons. The third kappa shape index (κ3) is 5.05. The molecule has 0 N–H and O–H groups in total. The van der Waals surface area contributed by atoms with Crippen molar-refractivity contribution in [2.75, 3.05) is 20.8 Å². The summed E-state index contributed by atoms with van der Waals surface area (Å²) in [5.41, 5.74) is 0.342. The van der Waals surface area contributed by atoms with Crippen LogP contribution >= 0.6 is 0 Å². The van der Waals surface area contributed by atoms with Gasteiger partial charge in [0.25, 0.3) is 0 Å². The van der Waals surface area contributed by atoms with Crippen LogP contribution < -0.4 is 24.6 Å². The highest BCUT2D eigenvalue weighted by atomic mass is 16.5. The molecule has 0 bridgehead atoms. The van der Waals surface area contributed by atoms with Crippen molar-refractivity contribution in [1.82, 2.24) is 0 Å². The summed E-state index contributed by atoms with van der Waals surface area (Å²) in [5.74, 6) is 2.52. The lowest BCUT2D eigenvalue weighted by Crippen LogP contribution is -2.08. The predicted octanol–water partition coefficient (Wildman–Crippen LogP) is 4.01. The normalized spacial score (nSPS) is 11.0. The number of ether oxygens (including phenoxy) is 4. The summed E-state index contributed by atoms with van der Waals surface area (Å²) in [6.07, 6.45) is 3.45. The summed E-state index contributed by atoms with van der Waals surface area (Å²) in [4.78, 5) is 11.7. The lowest BCUT2D eigenvalue weighted by atomic mass is 10.1. The Kier molecular flexibility index (Phi) is 6.72. The molecular formula is C20H24O6. The maximum Gasteiger partial charge on any atom is 0.339 e. The quantitative estimate of drug-likeness (QED) is 0.708. The van der Waals surface area contributed by atoms with Gasteiger partial charge in [-0.2, -0.15) is 0 Å². The summed E-state index contributed by atoms with van der Waals surface area (Å²) >= 11 is 0. The first-order valence-electron chi connectivity index (χ1n) is 8.35. The Labute approximate surface area is 153 Å². The van der Waals surface area contributed by atoms with Gasteiger partial charge >= 0.3 is 5.63 Å². The van der Waals surface area contributed by atoms with Gasteiger partial charge in [-0.05, 0) is 44.5 Å². The summed E-state index contributed by atoms with van der Waals surface area (Å²) in [7, 11) is 3.12. The van der Waals surface area contributed by atoms with Crippen LogP contribution in [0.4, 0.5) is 0 Å². The molecule has 0 unspecified atom stereocenters. The molecule has 2 aromatic rings. The molecule has 1 heterocycles. The van der Waals surface area contributed by atoms with Crippen molar-refractivity contribution < 1.29 is 23.4 Å². The monoisotopic (exact) mass is 360 g/mol. The molecule has 6 nitrogen and oxygen atoms in total. The molecule has 0 aliphatic carbocycles. The van der Waals surface area contributed by atoms with Gasteiger partial charge in [-0.3, -0.25) is 0 Å². The fourth-order valence-corrected chi connectivity index (χ4v) is 2.38. The van der Waals surface area contributed by atoms with Gasteiger partial charge in [-0.1, -0.05) is 6.08 Å². The summed E-state index contributed by atoms with van der Waals surface area (Å²) in [6.45, 7) is 6.17. The third-order valence-electron chi connectivity index (χ3n) is 3.34. The number of hydrogen-bond donors (Lipinski definition) is 0. The lowest BCUT2D eigenvalue weighted by molar-refractivity contribution is 0.239. The molecule has 1 aromatic carbocycles. The van der Waals surface area contributed by atoms with Gasteiger partial charge in [-0.25, -0.2) is 4.79 Å². The molecule has 6 heteroatoms. The SMILES string of the molecule is CCOc1cc(C=Cc2cc(OC(C)C)cc(=O)o2)cc(OC)c1OC. The van der Waals surface area contributed by atoms with E-state index in [2.05, 4.69) is 0 Å². The molecule has 0 spiro atoms. The zero-order valence-corrected chi connectivity index (χ0v) is 15.7. The van der Waals surface area contributed by atoms with E-state index in [-0.39, 0.29) is 6.10 Å². The van der Waals surface area contributed by atoms with Crippen LogP contribution in [0, 0.1) is 0 Å². The second-order valence-electron chi connectivity index (χ2n) is 5.70.